The van der Waals surface area contributed by atoms with Crippen molar-refractivity contribution in [1.29, 1.82) is 0 Å². The van der Waals surface area contributed by atoms with Crippen LogP contribution in [-0.2, 0) is 16.1 Å². The van der Waals surface area contributed by atoms with Crippen molar-refractivity contribution < 1.29 is 18.7 Å². The number of nitrogens with zero attached hydrogens (tertiary/aromatic N) is 1. The third-order valence-electron chi connectivity index (χ3n) is 5.43. The molecule has 0 bridgehead atoms. The minimum atomic E-state index is -0.753. The van der Waals surface area contributed by atoms with Crippen LogP contribution in [-0.4, -0.2) is 35.4 Å². The second kappa shape index (κ2) is 10.8. The summed E-state index contributed by atoms with van der Waals surface area (Å²) in [6, 6.07) is 9.84. The fourth-order valence-corrected chi connectivity index (χ4v) is 4.10. The summed E-state index contributed by atoms with van der Waals surface area (Å²) in [6.45, 7) is 1.42. The van der Waals surface area contributed by atoms with Crippen molar-refractivity contribution in [2.24, 2.45) is 0 Å². The van der Waals surface area contributed by atoms with Crippen LogP contribution in [0.3, 0.4) is 0 Å². The van der Waals surface area contributed by atoms with Gasteiger partial charge in [-0.15, -0.1) is 0 Å². The molecule has 1 aliphatic carbocycles. The van der Waals surface area contributed by atoms with Gasteiger partial charge in [-0.1, -0.05) is 42.1 Å². The Kier molecular flexibility index (Phi) is 8.15. The zero-order valence-electron chi connectivity index (χ0n) is 17.2. The molecule has 0 spiro atoms. The lowest BCUT2D eigenvalue weighted by Crippen LogP contribution is -2.50. The highest BCUT2D eigenvalue weighted by Gasteiger charge is 2.29. The first-order chi connectivity index (χ1) is 14.8. The number of ether oxygens (including phenoxy) is 1. The van der Waals surface area contributed by atoms with Gasteiger partial charge in [-0.25, -0.2) is 4.39 Å². The maximum atomic E-state index is 13.1. The number of hydrogen-bond donors (Lipinski definition) is 1. The van der Waals surface area contributed by atoms with Gasteiger partial charge < -0.3 is 15.0 Å². The summed E-state index contributed by atoms with van der Waals surface area (Å²) >= 11 is 12.6. The Hall–Kier alpha value is -2.31. The van der Waals surface area contributed by atoms with Gasteiger partial charge in [-0.05, 0) is 56.2 Å². The normalized spacial score (nSPS) is 14.8. The van der Waals surface area contributed by atoms with Crippen LogP contribution in [0.5, 0.6) is 5.75 Å². The molecule has 0 aromatic heterocycles. The summed E-state index contributed by atoms with van der Waals surface area (Å²) in [5, 5.41) is 3.85. The quantitative estimate of drug-likeness (QED) is 0.596. The van der Waals surface area contributed by atoms with E-state index in [0.717, 1.165) is 25.7 Å². The van der Waals surface area contributed by atoms with Crippen LogP contribution >= 0.6 is 23.2 Å². The molecule has 3 rings (SSSR count). The van der Waals surface area contributed by atoms with E-state index < -0.39 is 17.8 Å². The molecule has 1 aliphatic rings. The average Bonchev–Trinajstić information content (AvgIpc) is 3.25. The van der Waals surface area contributed by atoms with Gasteiger partial charge in [0.05, 0.1) is 0 Å². The molecule has 2 aromatic carbocycles. The van der Waals surface area contributed by atoms with Gasteiger partial charge >= 0.3 is 0 Å². The Morgan fingerprint density at radius 3 is 2.35 bits per heavy atom. The molecule has 0 unspecified atom stereocenters. The molecule has 2 amide bonds. The van der Waals surface area contributed by atoms with Gasteiger partial charge in [-0.2, -0.15) is 0 Å². The summed E-state index contributed by atoms with van der Waals surface area (Å²) in [5.41, 5.74) is 0.557. The van der Waals surface area contributed by atoms with Crippen molar-refractivity contribution in [2.75, 3.05) is 6.61 Å². The smallest absolute Gasteiger partial charge is 0.261 e. The van der Waals surface area contributed by atoms with Crippen molar-refractivity contribution in [3.05, 3.63) is 63.9 Å². The molecular formula is C23H25Cl2FN2O3. The van der Waals surface area contributed by atoms with Crippen LogP contribution in [0.2, 0.25) is 10.0 Å². The molecule has 0 aliphatic heterocycles. The minimum absolute atomic E-state index is 0.0589. The van der Waals surface area contributed by atoms with E-state index in [-0.39, 0.29) is 25.1 Å². The minimum Gasteiger partial charge on any atom is -0.484 e. The SMILES string of the molecule is C[C@@H](C(=O)NC1CCCC1)N(Cc1c(Cl)cccc1Cl)C(=O)COc1ccc(F)cc1. The summed E-state index contributed by atoms with van der Waals surface area (Å²) < 4.78 is 18.6. The number of carbonyl (C=O) groups excluding carboxylic acids is 2. The summed E-state index contributed by atoms with van der Waals surface area (Å²) in [5.74, 6) is -0.681. The molecule has 0 radical (unpaired) electrons. The number of amides is 2. The van der Waals surface area contributed by atoms with E-state index in [0.29, 0.717) is 21.4 Å². The molecule has 8 heteroatoms. The Labute approximate surface area is 191 Å². The fraction of sp³-hybridized carbons (Fsp3) is 0.391. The Morgan fingerprint density at radius 2 is 1.74 bits per heavy atom. The van der Waals surface area contributed by atoms with Crippen LogP contribution in [0.15, 0.2) is 42.5 Å². The second-order valence-electron chi connectivity index (χ2n) is 7.63. The van der Waals surface area contributed by atoms with Crippen molar-refractivity contribution in [1.82, 2.24) is 10.2 Å². The first-order valence-corrected chi connectivity index (χ1v) is 11.0. The van der Waals surface area contributed by atoms with E-state index in [2.05, 4.69) is 5.32 Å². The fourth-order valence-electron chi connectivity index (χ4n) is 3.59. The van der Waals surface area contributed by atoms with Crippen LogP contribution in [0.4, 0.5) is 4.39 Å². The lowest BCUT2D eigenvalue weighted by atomic mass is 10.1. The number of benzene rings is 2. The van der Waals surface area contributed by atoms with Crippen molar-refractivity contribution >= 4 is 35.0 Å². The predicted molar refractivity (Wildman–Crippen MR) is 119 cm³/mol. The third-order valence-corrected chi connectivity index (χ3v) is 6.14. The van der Waals surface area contributed by atoms with E-state index in [1.165, 1.54) is 29.2 Å². The molecular weight excluding hydrogens is 442 g/mol. The van der Waals surface area contributed by atoms with Gasteiger partial charge in [0.15, 0.2) is 6.61 Å². The van der Waals surface area contributed by atoms with Crippen LogP contribution in [0.1, 0.15) is 38.2 Å². The van der Waals surface area contributed by atoms with Crippen LogP contribution in [0.25, 0.3) is 0 Å². The van der Waals surface area contributed by atoms with E-state index in [4.69, 9.17) is 27.9 Å². The molecule has 1 atom stereocenters. The maximum Gasteiger partial charge on any atom is 0.261 e. The van der Waals surface area contributed by atoms with Crippen LogP contribution in [0, 0.1) is 5.82 Å². The maximum absolute atomic E-state index is 13.1. The second-order valence-corrected chi connectivity index (χ2v) is 8.44. The highest BCUT2D eigenvalue weighted by molar-refractivity contribution is 6.36. The largest absolute Gasteiger partial charge is 0.484 e. The van der Waals surface area contributed by atoms with Gasteiger partial charge in [-0.3, -0.25) is 9.59 Å². The highest BCUT2D eigenvalue weighted by Crippen LogP contribution is 2.27. The molecule has 31 heavy (non-hydrogen) atoms. The lowest BCUT2D eigenvalue weighted by molar-refractivity contribution is -0.142. The third kappa shape index (κ3) is 6.34. The average molecular weight is 467 g/mol. The van der Waals surface area contributed by atoms with Gasteiger partial charge in [0.1, 0.15) is 17.6 Å². The van der Waals surface area contributed by atoms with Gasteiger partial charge in [0, 0.05) is 28.2 Å². The van der Waals surface area contributed by atoms with Gasteiger partial charge in [0.2, 0.25) is 5.91 Å². The molecule has 1 saturated carbocycles. The monoisotopic (exact) mass is 466 g/mol. The summed E-state index contributed by atoms with van der Waals surface area (Å²) in [4.78, 5) is 27.3. The molecule has 0 heterocycles. The zero-order valence-corrected chi connectivity index (χ0v) is 18.8. The summed E-state index contributed by atoms with van der Waals surface area (Å²) in [7, 11) is 0. The van der Waals surface area contributed by atoms with Crippen molar-refractivity contribution in [3.8, 4) is 5.75 Å². The molecule has 1 fully saturated rings. The van der Waals surface area contributed by atoms with E-state index in [9.17, 15) is 14.0 Å². The number of hydrogen-bond acceptors (Lipinski definition) is 3. The number of rotatable bonds is 8. The van der Waals surface area contributed by atoms with Crippen LogP contribution < -0.4 is 10.1 Å². The number of nitrogens with one attached hydrogen (secondary N) is 1. The van der Waals surface area contributed by atoms with Crippen molar-refractivity contribution in [3.63, 3.8) is 0 Å². The molecule has 5 nitrogen and oxygen atoms in total. The van der Waals surface area contributed by atoms with E-state index in [1.807, 2.05) is 0 Å². The molecule has 166 valence electrons. The topological polar surface area (TPSA) is 58.6 Å². The Morgan fingerprint density at radius 1 is 1.13 bits per heavy atom. The zero-order chi connectivity index (χ0) is 22.4. The molecule has 1 N–H and O–H groups in total. The molecule has 0 saturated heterocycles. The number of carbonyl (C=O) groups is 2. The summed E-state index contributed by atoms with van der Waals surface area (Å²) in [6.07, 6.45) is 4.05. The Bertz CT molecular complexity index is 897. The van der Waals surface area contributed by atoms with E-state index in [1.54, 1.807) is 25.1 Å². The van der Waals surface area contributed by atoms with Crippen molar-refractivity contribution in [2.45, 2.75) is 51.2 Å². The Balaban J connectivity index is 1.75. The highest BCUT2D eigenvalue weighted by atomic mass is 35.5. The van der Waals surface area contributed by atoms with Gasteiger partial charge in [0.25, 0.3) is 5.91 Å². The standard InChI is InChI=1S/C23H25Cl2FN2O3/c1-15(23(30)27-17-5-2-3-6-17)28(13-19-20(24)7-4-8-21(19)25)22(29)14-31-18-11-9-16(26)10-12-18/h4,7-12,15,17H,2-3,5-6,13-14H2,1H3,(H,27,30)/t15-/m0/s1. The predicted octanol–water partition coefficient (Wildman–Crippen LogP) is 4.99. The van der Waals surface area contributed by atoms with E-state index >= 15 is 0 Å². The lowest BCUT2D eigenvalue weighted by Gasteiger charge is -2.30. The first kappa shape index (κ1) is 23.4. The molecule has 2 aromatic rings. The first-order valence-electron chi connectivity index (χ1n) is 10.3. The number of halogens is 3.